The van der Waals surface area contributed by atoms with Gasteiger partial charge in [0.15, 0.2) is 6.10 Å². The number of unbranched alkanes of at least 4 members (excludes halogenated alkanes) is 28. The average Bonchev–Trinajstić information content (AvgIpc) is 3.34. The maximum atomic E-state index is 12.8. The molecule has 0 aliphatic rings. The Labute approximate surface area is 419 Å². The average molecular weight is 946 g/mol. The number of carbonyl (C=O) groups is 3. The van der Waals surface area contributed by atoms with Crippen LogP contribution >= 0.6 is 0 Å². The first-order chi connectivity index (χ1) is 33.5. The molecule has 1 unspecified atom stereocenters. The Hall–Kier alpha value is -3.67. The van der Waals surface area contributed by atoms with Crippen LogP contribution in [0.4, 0.5) is 0 Å². The zero-order chi connectivity index (χ0) is 49.3. The third kappa shape index (κ3) is 53.3. The molecule has 0 radical (unpaired) electrons. The molecule has 0 bridgehead atoms. The van der Waals surface area contributed by atoms with Gasteiger partial charge in [0.25, 0.3) is 0 Å². The van der Waals surface area contributed by atoms with E-state index >= 15 is 0 Å². The third-order valence-corrected chi connectivity index (χ3v) is 12.0. The highest BCUT2D eigenvalue weighted by atomic mass is 16.6. The lowest BCUT2D eigenvalue weighted by atomic mass is 10.0. The van der Waals surface area contributed by atoms with Crippen molar-refractivity contribution in [2.45, 2.75) is 264 Å². The van der Waals surface area contributed by atoms with Crippen molar-refractivity contribution in [3.63, 3.8) is 0 Å². The first kappa shape index (κ1) is 64.3. The van der Waals surface area contributed by atoms with E-state index in [-0.39, 0.29) is 37.5 Å². The number of rotatable bonds is 50. The summed E-state index contributed by atoms with van der Waals surface area (Å²) in [5.74, 6) is -0.945. The summed E-state index contributed by atoms with van der Waals surface area (Å²) in [6, 6.07) is 0. The molecular formula is C62H104O6. The lowest BCUT2D eigenvalue weighted by molar-refractivity contribution is -0.167. The fourth-order valence-corrected chi connectivity index (χ4v) is 7.81. The minimum absolute atomic E-state index is 0.0971. The van der Waals surface area contributed by atoms with Gasteiger partial charge in [0.2, 0.25) is 0 Å². The van der Waals surface area contributed by atoms with E-state index in [4.69, 9.17) is 14.2 Å². The predicted molar refractivity (Wildman–Crippen MR) is 293 cm³/mol. The Morgan fingerprint density at radius 3 is 1.07 bits per heavy atom. The van der Waals surface area contributed by atoms with Crippen LogP contribution in [0.15, 0.2) is 97.2 Å². The number of hydrogen-bond donors (Lipinski definition) is 0. The second-order valence-corrected chi connectivity index (χ2v) is 18.6. The van der Waals surface area contributed by atoms with E-state index < -0.39 is 6.10 Å². The van der Waals surface area contributed by atoms with Gasteiger partial charge in [-0.3, -0.25) is 14.4 Å². The van der Waals surface area contributed by atoms with Crippen molar-refractivity contribution >= 4 is 17.9 Å². The Kier molecular flexibility index (Phi) is 52.9. The van der Waals surface area contributed by atoms with Gasteiger partial charge in [-0.25, -0.2) is 0 Å². The van der Waals surface area contributed by atoms with Crippen LogP contribution in [0.5, 0.6) is 0 Å². The van der Waals surface area contributed by atoms with Gasteiger partial charge in [-0.05, 0) is 64.2 Å². The van der Waals surface area contributed by atoms with Crippen molar-refractivity contribution in [3.05, 3.63) is 97.2 Å². The molecule has 1 atom stereocenters. The maximum Gasteiger partial charge on any atom is 0.306 e. The molecule has 0 saturated heterocycles. The predicted octanol–water partition coefficient (Wildman–Crippen LogP) is 18.9. The van der Waals surface area contributed by atoms with Gasteiger partial charge in [-0.1, -0.05) is 272 Å². The van der Waals surface area contributed by atoms with E-state index in [0.29, 0.717) is 19.3 Å². The molecule has 0 rings (SSSR count). The highest BCUT2D eigenvalue weighted by Gasteiger charge is 2.19. The van der Waals surface area contributed by atoms with Gasteiger partial charge < -0.3 is 14.2 Å². The lowest BCUT2D eigenvalue weighted by Crippen LogP contribution is -2.30. The molecular weight excluding hydrogens is 841 g/mol. The molecule has 0 spiro atoms. The van der Waals surface area contributed by atoms with Crippen molar-refractivity contribution in [1.82, 2.24) is 0 Å². The maximum absolute atomic E-state index is 12.8. The fraction of sp³-hybridized carbons (Fsp3) is 0.694. The molecule has 0 heterocycles. The summed E-state index contributed by atoms with van der Waals surface area (Å²) in [5.41, 5.74) is 0. The van der Waals surface area contributed by atoms with Gasteiger partial charge in [0, 0.05) is 19.3 Å². The Morgan fingerprint density at radius 1 is 0.324 bits per heavy atom. The molecule has 0 aromatic rings. The molecule has 6 heteroatoms. The Balaban J connectivity index is 4.44. The summed E-state index contributed by atoms with van der Waals surface area (Å²) in [6.07, 6.45) is 74.0. The number of ether oxygens (including phenoxy) is 3. The standard InChI is InChI=1S/C62H104O6/c1-4-7-10-13-16-19-22-25-28-30-31-33-34-37-40-43-46-49-52-55-61(64)67-58-59(57-66-60(63)54-51-48-45-42-39-36-27-24-21-18-15-12-9-6-3)68-62(65)56-53-50-47-44-41-38-35-32-29-26-23-20-17-14-11-8-5-2/h8-9,11-12,14,17-18,20-21,23,26,29,32,35,38,41,59H,4-7,10,13,15-16,19,22,24-25,27-28,30-31,33-34,36-37,39-40,42-58H2,1-3H3/b11-8-,12-9-,17-14-,21-18-,23-20-,29-26-,35-32+,41-38-. The van der Waals surface area contributed by atoms with E-state index in [9.17, 15) is 14.4 Å². The molecule has 0 aliphatic carbocycles. The van der Waals surface area contributed by atoms with Gasteiger partial charge in [0.05, 0.1) is 0 Å². The molecule has 6 nitrogen and oxygen atoms in total. The summed E-state index contributed by atoms with van der Waals surface area (Å²) in [5, 5.41) is 0. The van der Waals surface area contributed by atoms with Crippen LogP contribution in [-0.2, 0) is 28.6 Å². The number of esters is 3. The van der Waals surface area contributed by atoms with Crippen molar-refractivity contribution in [2.75, 3.05) is 13.2 Å². The van der Waals surface area contributed by atoms with Crippen molar-refractivity contribution < 1.29 is 28.6 Å². The summed E-state index contributed by atoms with van der Waals surface area (Å²) in [7, 11) is 0. The van der Waals surface area contributed by atoms with Crippen molar-refractivity contribution in [2.24, 2.45) is 0 Å². The molecule has 0 amide bonds. The van der Waals surface area contributed by atoms with Crippen LogP contribution < -0.4 is 0 Å². The minimum Gasteiger partial charge on any atom is -0.462 e. The second kappa shape index (κ2) is 55.9. The Bertz CT molecular complexity index is 1360. The quantitative estimate of drug-likeness (QED) is 0.0199. The van der Waals surface area contributed by atoms with Crippen LogP contribution in [0.2, 0.25) is 0 Å². The van der Waals surface area contributed by atoms with E-state index in [0.717, 1.165) is 83.5 Å². The highest BCUT2D eigenvalue weighted by Crippen LogP contribution is 2.16. The normalized spacial score (nSPS) is 12.8. The zero-order valence-electron chi connectivity index (χ0n) is 44.3. The first-order valence-electron chi connectivity index (χ1n) is 28.3. The van der Waals surface area contributed by atoms with Crippen molar-refractivity contribution in [1.29, 1.82) is 0 Å². The summed E-state index contributed by atoms with van der Waals surface area (Å²) in [4.78, 5) is 38.1. The van der Waals surface area contributed by atoms with Crippen LogP contribution in [0.1, 0.15) is 258 Å². The van der Waals surface area contributed by atoms with E-state index in [1.807, 2.05) is 60.8 Å². The van der Waals surface area contributed by atoms with Crippen molar-refractivity contribution in [3.8, 4) is 0 Å². The van der Waals surface area contributed by atoms with Gasteiger partial charge in [-0.2, -0.15) is 0 Å². The summed E-state index contributed by atoms with van der Waals surface area (Å²) in [6.45, 7) is 6.36. The summed E-state index contributed by atoms with van der Waals surface area (Å²) >= 11 is 0. The molecule has 0 aromatic heterocycles. The molecule has 0 fully saturated rings. The number of carbonyl (C=O) groups excluding carboxylic acids is 3. The molecule has 0 saturated carbocycles. The first-order valence-corrected chi connectivity index (χ1v) is 28.3. The topological polar surface area (TPSA) is 78.9 Å². The zero-order valence-corrected chi connectivity index (χ0v) is 44.3. The molecule has 388 valence electrons. The molecule has 0 aromatic carbocycles. The number of allylic oxidation sites excluding steroid dienone is 16. The van der Waals surface area contributed by atoms with Gasteiger partial charge in [-0.15, -0.1) is 0 Å². The highest BCUT2D eigenvalue weighted by molar-refractivity contribution is 5.71. The monoisotopic (exact) mass is 945 g/mol. The SMILES string of the molecule is CC\C=C/C=C\C=C/C=C\C=C\C=C/CCCCCC(=O)OC(COC(=O)CCCCCCCCC/C=C\C/C=C\CC)COC(=O)CCCCCCCCCCCCCCCCCCCCC. The fourth-order valence-electron chi connectivity index (χ4n) is 7.81. The van der Waals surface area contributed by atoms with Crippen LogP contribution in [0.3, 0.4) is 0 Å². The van der Waals surface area contributed by atoms with E-state index in [2.05, 4.69) is 57.2 Å². The van der Waals surface area contributed by atoms with Gasteiger partial charge in [0.1, 0.15) is 13.2 Å². The van der Waals surface area contributed by atoms with E-state index in [1.165, 1.54) is 128 Å². The Morgan fingerprint density at radius 2 is 0.647 bits per heavy atom. The minimum atomic E-state index is -0.804. The largest absolute Gasteiger partial charge is 0.462 e. The molecule has 0 aliphatic heterocycles. The molecule has 68 heavy (non-hydrogen) atoms. The number of hydrogen-bond acceptors (Lipinski definition) is 6. The van der Waals surface area contributed by atoms with Crippen LogP contribution in [-0.4, -0.2) is 37.2 Å². The summed E-state index contributed by atoms with van der Waals surface area (Å²) < 4.78 is 16.8. The van der Waals surface area contributed by atoms with E-state index in [1.54, 1.807) is 0 Å². The van der Waals surface area contributed by atoms with Gasteiger partial charge >= 0.3 is 17.9 Å². The lowest BCUT2D eigenvalue weighted by Gasteiger charge is -2.18. The third-order valence-electron chi connectivity index (χ3n) is 12.0. The molecule has 0 N–H and O–H groups in total. The second-order valence-electron chi connectivity index (χ2n) is 18.6. The smallest absolute Gasteiger partial charge is 0.306 e. The van der Waals surface area contributed by atoms with Crippen LogP contribution in [0.25, 0.3) is 0 Å². The van der Waals surface area contributed by atoms with Crippen LogP contribution in [0, 0.1) is 0 Å².